The number of nitro groups is 1. The molecular weight excluding hydrogens is 497 g/mol. The summed E-state index contributed by atoms with van der Waals surface area (Å²) in [6.45, 7) is -0.0487. The van der Waals surface area contributed by atoms with Gasteiger partial charge in [-0.25, -0.2) is 4.39 Å². The van der Waals surface area contributed by atoms with Crippen molar-refractivity contribution in [1.29, 1.82) is 0 Å². The number of carbonyl (C=O) groups excluding carboxylic acids is 2. The first-order valence-corrected chi connectivity index (χ1v) is 10.8. The maximum Gasteiger partial charge on any atom is 0.270 e. The van der Waals surface area contributed by atoms with E-state index in [0.717, 1.165) is 4.90 Å². The highest BCUT2D eigenvalue weighted by Crippen LogP contribution is 2.29. The molecule has 3 aromatic rings. The number of nitrogens with one attached hydrogen (secondary N) is 1. The third-order valence-corrected chi connectivity index (χ3v) is 5.51. The number of ether oxygens (including phenoxy) is 1. The van der Waals surface area contributed by atoms with E-state index in [2.05, 4.69) is 5.32 Å². The summed E-state index contributed by atoms with van der Waals surface area (Å²) in [7, 11) is 0. The molecule has 0 unspecified atom stereocenters. The molecule has 0 atom stereocenters. The van der Waals surface area contributed by atoms with Gasteiger partial charge in [0.2, 0.25) is 0 Å². The van der Waals surface area contributed by atoms with Crippen LogP contribution in [0, 0.1) is 15.9 Å². The highest BCUT2D eigenvalue weighted by Gasteiger charge is 2.34. The van der Waals surface area contributed by atoms with E-state index in [1.165, 1.54) is 42.5 Å². The zero-order chi connectivity index (χ0) is 25.1. The third kappa shape index (κ3) is 5.34. The smallest absolute Gasteiger partial charge is 0.270 e. The Hall–Kier alpha value is -4.15. The molecule has 8 nitrogen and oxygen atoms in total. The van der Waals surface area contributed by atoms with Gasteiger partial charge in [0.05, 0.1) is 10.6 Å². The van der Waals surface area contributed by atoms with Gasteiger partial charge in [-0.05, 0) is 66.3 Å². The molecule has 1 saturated heterocycles. The number of non-ortho nitro benzene ring substituents is 1. The maximum atomic E-state index is 13.5. The number of amides is 2. The number of nitro benzene ring substituents is 1. The van der Waals surface area contributed by atoms with Gasteiger partial charge in [0.25, 0.3) is 17.5 Å². The van der Waals surface area contributed by atoms with Crippen molar-refractivity contribution >= 4 is 58.2 Å². The molecular formula is C24H15ClFN3O5S. The van der Waals surface area contributed by atoms with Crippen molar-refractivity contribution in [2.24, 2.45) is 0 Å². The molecule has 176 valence electrons. The highest BCUT2D eigenvalue weighted by atomic mass is 35.5. The number of rotatable bonds is 6. The van der Waals surface area contributed by atoms with Gasteiger partial charge in [-0.2, -0.15) is 0 Å². The zero-order valence-corrected chi connectivity index (χ0v) is 19.3. The van der Waals surface area contributed by atoms with Crippen molar-refractivity contribution in [1.82, 2.24) is 5.32 Å². The molecule has 3 aromatic carbocycles. The van der Waals surface area contributed by atoms with Crippen molar-refractivity contribution in [3.8, 4) is 5.75 Å². The molecule has 1 aliphatic heterocycles. The SMILES string of the molecule is O=C1NC(=S)N(c2ccc(Cl)cc2)C(=O)/C1=C/c1cc([N+](=O)[O-])ccc1OCc1cccc(F)c1. The molecule has 0 saturated carbocycles. The topological polar surface area (TPSA) is 102 Å². The molecule has 35 heavy (non-hydrogen) atoms. The van der Waals surface area contributed by atoms with Gasteiger partial charge in [-0.3, -0.25) is 29.9 Å². The summed E-state index contributed by atoms with van der Waals surface area (Å²) in [6, 6.07) is 15.7. The third-order valence-electron chi connectivity index (χ3n) is 4.97. The number of hydrogen-bond acceptors (Lipinski definition) is 6. The van der Waals surface area contributed by atoms with Crippen LogP contribution in [0.2, 0.25) is 5.02 Å². The second-order valence-corrected chi connectivity index (χ2v) is 8.16. The fourth-order valence-electron chi connectivity index (χ4n) is 3.32. The van der Waals surface area contributed by atoms with Crippen LogP contribution in [0.1, 0.15) is 11.1 Å². The lowest BCUT2D eigenvalue weighted by atomic mass is 10.1. The average molecular weight is 512 g/mol. The molecule has 1 heterocycles. The predicted molar refractivity (Wildman–Crippen MR) is 131 cm³/mol. The minimum Gasteiger partial charge on any atom is -0.488 e. The molecule has 2 amide bonds. The van der Waals surface area contributed by atoms with Crippen LogP contribution < -0.4 is 15.0 Å². The standard InChI is InChI=1S/C24H15ClFN3O5S/c25-16-4-6-18(7-5-16)28-23(31)20(22(30)27-24(28)35)12-15-11-19(29(32)33)8-9-21(15)34-13-14-2-1-3-17(26)10-14/h1-12H,13H2,(H,27,30,35)/b20-12+. The van der Waals surface area contributed by atoms with E-state index in [1.807, 2.05) is 0 Å². The van der Waals surface area contributed by atoms with Crippen LogP contribution in [-0.4, -0.2) is 21.9 Å². The first-order chi connectivity index (χ1) is 16.7. The molecule has 1 aliphatic rings. The van der Waals surface area contributed by atoms with Crippen LogP contribution >= 0.6 is 23.8 Å². The van der Waals surface area contributed by atoms with Crippen LogP contribution in [-0.2, 0) is 16.2 Å². The van der Waals surface area contributed by atoms with Gasteiger partial charge in [-0.15, -0.1) is 0 Å². The number of anilines is 1. The van der Waals surface area contributed by atoms with Gasteiger partial charge in [-0.1, -0.05) is 23.7 Å². The number of carbonyl (C=O) groups is 2. The Kier molecular flexibility index (Phi) is 6.85. The lowest BCUT2D eigenvalue weighted by Gasteiger charge is -2.29. The van der Waals surface area contributed by atoms with E-state index >= 15 is 0 Å². The van der Waals surface area contributed by atoms with Crippen LogP contribution in [0.5, 0.6) is 5.75 Å². The normalized spacial score (nSPS) is 14.7. The number of thiocarbonyl (C=S) groups is 1. The summed E-state index contributed by atoms with van der Waals surface area (Å²) in [5, 5.41) is 14.1. The molecule has 0 aromatic heterocycles. The summed E-state index contributed by atoms with van der Waals surface area (Å²) in [5.41, 5.74) is 0.413. The Morgan fingerprint density at radius 3 is 2.54 bits per heavy atom. The van der Waals surface area contributed by atoms with Gasteiger partial charge in [0, 0.05) is 22.7 Å². The molecule has 1 N–H and O–H groups in total. The summed E-state index contributed by atoms with van der Waals surface area (Å²) in [4.78, 5) is 37.7. The van der Waals surface area contributed by atoms with Crippen LogP contribution in [0.15, 0.2) is 72.3 Å². The Morgan fingerprint density at radius 1 is 1.11 bits per heavy atom. The molecule has 0 spiro atoms. The van der Waals surface area contributed by atoms with E-state index in [1.54, 1.807) is 30.3 Å². The van der Waals surface area contributed by atoms with Gasteiger partial charge in [0.15, 0.2) is 5.11 Å². The van der Waals surface area contributed by atoms with Crippen molar-refractivity contribution < 1.29 is 23.6 Å². The molecule has 11 heteroatoms. The Labute approximate surface area is 208 Å². The molecule has 0 aliphatic carbocycles. The first-order valence-electron chi connectivity index (χ1n) is 10.1. The van der Waals surface area contributed by atoms with Crippen LogP contribution in [0.4, 0.5) is 15.8 Å². The highest BCUT2D eigenvalue weighted by molar-refractivity contribution is 7.80. The Bertz CT molecular complexity index is 1390. The molecule has 1 fully saturated rings. The lowest BCUT2D eigenvalue weighted by molar-refractivity contribution is -0.384. The number of halogens is 2. The fourth-order valence-corrected chi connectivity index (χ4v) is 3.73. The fraction of sp³-hybridized carbons (Fsp3) is 0.0417. The summed E-state index contributed by atoms with van der Waals surface area (Å²) < 4.78 is 19.2. The zero-order valence-electron chi connectivity index (χ0n) is 17.7. The van der Waals surface area contributed by atoms with E-state index in [9.17, 15) is 24.1 Å². The first kappa shape index (κ1) is 24.0. The number of benzene rings is 3. The van der Waals surface area contributed by atoms with Crippen molar-refractivity contribution in [2.75, 3.05) is 4.90 Å². The lowest BCUT2D eigenvalue weighted by Crippen LogP contribution is -2.54. The van der Waals surface area contributed by atoms with Gasteiger partial charge >= 0.3 is 0 Å². The van der Waals surface area contributed by atoms with E-state index in [-0.39, 0.29) is 34.3 Å². The van der Waals surface area contributed by atoms with Crippen molar-refractivity contribution in [3.63, 3.8) is 0 Å². The average Bonchev–Trinajstić information content (AvgIpc) is 2.82. The molecule has 0 radical (unpaired) electrons. The molecule has 4 rings (SSSR count). The van der Waals surface area contributed by atoms with Gasteiger partial charge < -0.3 is 4.74 Å². The van der Waals surface area contributed by atoms with Gasteiger partial charge in [0.1, 0.15) is 23.7 Å². The molecule has 0 bridgehead atoms. The summed E-state index contributed by atoms with van der Waals surface area (Å²) in [6.07, 6.45) is 1.19. The van der Waals surface area contributed by atoms with E-state index in [4.69, 9.17) is 28.6 Å². The van der Waals surface area contributed by atoms with E-state index < -0.39 is 22.6 Å². The Morgan fingerprint density at radius 2 is 1.86 bits per heavy atom. The van der Waals surface area contributed by atoms with Crippen molar-refractivity contribution in [3.05, 3.63) is 104 Å². The van der Waals surface area contributed by atoms with Crippen molar-refractivity contribution in [2.45, 2.75) is 6.61 Å². The van der Waals surface area contributed by atoms with E-state index in [0.29, 0.717) is 16.3 Å². The van der Waals surface area contributed by atoms with Crippen LogP contribution in [0.25, 0.3) is 6.08 Å². The second kappa shape index (κ2) is 10.00. The summed E-state index contributed by atoms with van der Waals surface area (Å²) >= 11 is 11.1. The Balaban J connectivity index is 1.72. The minimum absolute atomic E-state index is 0.0487. The quantitative estimate of drug-likeness (QED) is 0.168. The number of nitrogens with zero attached hydrogens (tertiary/aromatic N) is 2. The number of hydrogen-bond donors (Lipinski definition) is 1. The maximum absolute atomic E-state index is 13.5. The minimum atomic E-state index is -0.771. The van der Waals surface area contributed by atoms with Crippen LogP contribution in [0.3, 0.4) is 0 Å². The summed E-state index contributed by atoms with van der Waals surface area (Å²) in [5.74, 6) is -1.80. The second-order valence-electron chi connectivity index (χ2n) is 7.33. The largest absolute Gasteiger partial charge is 0.488 e. The predicted octanol–water partition coefficient (Wildman–Crippen LogP) is 4.80. The monoisotopic (exact) mass is 511 g/mol.